The fraction of sp³-hybridized carbons (Fsp3) is 0.600. The summed E-state index contributed by atoms with van der Waals surface area (Å²) in [5.74, 6) is -1.05. The lowest BCUT2D eigenvalue weighted by molar-refractivity contribution is -0.137. The SMILES string of the molecule is C=CCC(=O)NC(CCC)CC(=O)O. The van der Waals surface area contributed by atoms with E-state index < -0.39 is 5.97 Å². The van der Waals surface area contributed by atoms with Gasteiger partial charge in [0, 0.05) is 12.5 Å². The molecule has 0 aromatic heterocycles. The molecular weight excluding hydrogens is 182 g/mol. The highest BCUT2D eigenvalue weighted by molar-refractivity contribution is 5.78. The molecule has 0 aliphatic heterocycles. The summed E-state index contributed by atoms with van der Waals surface area (Å²) in [6.07, 6.45) is 3.26. The van der Waals surface area contributed by atoms with Gasteiger partial charge in [0.2, 0.25) is 5.91 Å². The van der Waals surface area contributed by atoms with Crippen molar-refractivity contribution in [2.75, 3.05) is 0 Å². The van der Waals surface area contributed by atoms with Crippen LogP contribution in [0.15, 0.2) is 12.7 Å². The molecule has 1 amide bonds. The standard InChI is InChI=1S/C10H17NO3/c1-3-5-8(7-10(13)14)11-9(12)6-4-2/h4,8H,2-3,5-7H2,1H3,(H,11,12)(H,13,14). The largest absolute Gasteiger partial charge is 0.481 e. The number of carboxylic acid groups (broad SMARTS) is 1. The molecule has 80 valence electrons. The number of hydrogen-bond acceptors (Lipinski definition) is 2. The van der Waals surface area contributed by atoms with Crippen molar-refractivity contribution >= 4 is 11.9 Å². The fourth-order valence-corrected chi connectivity index (χ4v) is 1.20. The molecule has 1 unspecified atom stereocenters. The third kappa shape index (κ3) is 6.22. The van der Waals surface area contributed by atoms with Crippen molar-refractivity contribution < 1.29 is 14.7 Å². The fourth-order valence-electron chi connectivity index (χ4n) is 1.20. The molecule has 0 saturated carbocycles. The summed E-state index contributed by atoms with van der Waals surface area (Å²) < 4.78 is 0. The van der Waals surface area contributed by atoms with E-state index in [4.69, 9.17) is 5.11 Å². The Morgan fingerprint density at radius 3 is 2.64 bits per heavy atom. The first-order valence-electron chi connectivity index (χ1n) is 4.72. The van der Waals surface area contributed by atoms with E-state index in [0.717, 1.165) is 6.42 Å². The first kappa shape index (κ1) is 12.7. The Kier molecular flexibility index (Phi) is 6.45. The highest BCUT2D eigenvalue weighted by Crippen LogP contribution is 2.02. The molecule has 0 fully saturated rings. The second kappa shape index (κ2) is 7.12. The van der Waals surface area contributed by atoms with Crippen LogP contribution in [-0.4, -0.2) is 23.0 Å². The van der Waals surface area contributed by atoms with E-state index in [1.807, 2.05) is 6.92 Å². The minimum Gasteiger partial charge on any atom is -0.481 e. The van der Waals surface area contributed by atoms with Crippen LogP contribution in [0.4, 0.5) is 0 Å². The van der Waals surface area contributed by atoms with Crippen LogP contribution in [0.1, 0.15) is 32.6 Å². The van der Waals surface area contributed by atoms with Gasteiger partial charge in [-0.15, -0.1) is 6.58 Å². The maximum Gasteiger partial charge on any atom is 0.305 e. The zero-order chi connectivity index (χ0) is 11.0. The maximum atomic E-state index is 11.1. The quantitative estimate of drug-likeness (QED) is 0.608. The van der Waals surface area contributed by atoms with Crippen LogP contribution in [0.5, 0.6) is 0 Å². The van der Waals surface area contributed by atoms with Crippen molar-refractivity contribution in [1.82, 2.24) is 5.32 Å². The zero-order valence-corrected chi connectivity index (χ0v) is 8.45. The van der Waals surface area contributed by atoms with E-state index in [2.05, 4.69) is 11.9 Å². The Labute approximate surface area is 84.0 Å². The average Bonchev–Trinajstić information content (AvgIpc) is 2.03. The molecule has 0 aromatic carbocycles. The van der Waals surface area contributed by atoms with E-state index in [1.54, 1.807) is 0 Å². The molecule has 0 spiro atoms. The number of nitrogens with one attached hydrogen (secondary N) is 1. The van der Waals surface area contributed by atoms with Gasteiger partial charge in [0.1, 0.15) is 0 Å². The van der Waals surface area contributed by atoms with E-state index in [9.17, 15) is 9.59 Å². The lowest BCUT2D eigenvalue weighted by Gasteiger charge is -2.15. The lowest BCUT2D eigenvalue weighted by atomic mass is 10.1. The molecule has 2 N–H and O–H groups in total. The second-order valence-corrected chi connectivity index (χ2v) is 3.14. The minimum atomic E-state index is -0.887. The molecule has 14 heavy (non-hydrogen) atoms. The highest BCUT2D eigenvalue weighted by atomic mass is 16.4. The average molecular weight is 199 g/mol. The van der Waals surface area contributed by atoms with E-state index >= 15 is 0 Å². The summed E-state index contributed by atoms with van der Waals surface area (Å²) >= 11 is 0. The Hall–Kier alpha value is -1.32. The summed E-state index contributed by atoms with van der Waals surface area (Å²) in [7, 11) is 0. The zero-order valence-electron chi connectivity index (χ0n) is 8.45. The molecular formula is C10H17NO3. The van der Waals surface area contributed by atoms with Crippen LogP contribution in [-0.2, 0) is 9.59 Å². The number of rotatable bonds is 7. The molecule has 0 aromatic rings. The van der Waals surface area contributed by atoms with Crippen LogP contribution in [0.3, 0.4) is 0 Å². The number of carbonyl (C=O) groups is 2. The van der Waals surface area contributed by atoms with E-state index in [0.29, 0.717) is 6.42 Å². The van der Waals surface area contributed by atoms with Gasteiger partial charge in [0.05, 0.1) is 6.42 Å². The number of carbonyl (C=O) groups excluding carboxylic acids is 1. The summed E-state index contributed by atoms with van der Waals surface area (Å²) in [4.78, 5) is 21.6. The van der Waals surface area contributed by atoms with Gasteiger partial charge in [-0.2, -0.15) is 0 Å². The molecule has 0 bridgehead atoms. The summed E-state index contributed by atoms with van der Waals surface area (Å²) in [6.45, 7) is 5.39. The van der Waals surface area contributed by atoms with Crippen molar-refractivity contribution in [3.05, 3.63) is 12.7 Å². The molecule has 0 saturated heterocycles. The summed E-state index contributed by atoms with van der Waals surface area (Å²) in [5, 5.41) is 11.2. The second-order valence-electron chi connectivity index (χ2n) is 3.14. The summed E-state index contributed by atoms with van der Waals surface area (Å²) in [6, 6.07) is -0.259. The van der Waals surface area contributed by atoms with Crippen LogP contribution in [0.2, 0.25) is 0 Å². The number of aliphatic carboxylic acids is 1. The molecule has 4 heteroatoms. The Bertz CT molecular complexity index is 213. The van der Waals surface area contributed by atoms with Gasteiger partial charge < -0.3 is 10.4 Å². The minimum absolute atomic E-state index is 0.0171. The Morgan fingerprint density at radius 1 is 1.57 bits per heavy atom. The van der Waals surface area contributed by atoms with Gasteiger partial charge in [0.25, 0.3) is 0 Å². The number of carboxylic acids is 1. The third-order valence-electron chi connectivity index (χ3n) is 1.75. The van der Waals surface area contributed by atoms with Gasteiger partial charge >= 0.3 is 5.97 Å². The summed E-state index contributed by atoms with van der Waals surface area (Å²) in [5.41, 5.74) is 0. The smallest absolute Gasteiger partial charge is 0.305 e. The molecule has 0 aliphatic rings. The van der Waals surface area contributed by atoms with Crippen LogP contribution < -0.4 is 5.32 Å². The molecule has 0 rings (SSSR count). The van der Waals surface area contributed by atoms with Crippen molar-refractivity contribution in [2.45, 2.75) is 38.6 Å². The molecule has 1 atom stereocenters. The van der Waals surface area contributed by atoms with Crippen LogP contribution in [0.25, 0.3) is 0 Å². The van der Waals surface area contributed by atoms with Gasteiger partial charge in [0.15, 0.2) is 0 Å². The third-order valence-corrected chi connectivity index (χ3v) is 1.75. The molecule has 0 aliphatic carbocycles. The first-order valence-corrected chi connectivity index (χ1v) is 4.72. The Balaban J connectivity index is 4.00. The monoisotopic (exact) mass is 199 g/mol. The number of amides is 1. The molecule has 4 nitrogen and oxygen atoms in total. The normalized spacial score (nSPS) is 11.8. The predicted octanol–water partition coefficient (Wildman–Crippen LogP) is 1.32. The number of hydrogen-bond donors (Lipinski definition) is 2. The van der Waals surface area contributed by atoms with Gasteiger partial charge in [-0.05, 0) is 6.42 Å². The molecule has 0 heterocycles. The highest BCUT2D eigenvalue weighted by Gasteiger charge is 2.13. The van der Waals surface area contributed by atoms with Crippen LogP contribution >= 0.6 is 0 Å². The van der Waals surface area contributed by atoms with Gasteiger partial charge in [-0.3, -0.25) is 9.59 Å². The van der Waals surface area contributed by atoms with Crippen LogP contribution in [0, 0.1) is 0 Å². The van der Waals surface area contributed by atoms with Crippen molar-refractivity contribution in [1.29, 1.82) is 0 Å². The van der Waals surface area contributed by atoms with Gasteiger partial charge in [-0.1, -0.05) is 19.4 Å². The predicted molar refractivity (Wildman–Crippen MR) is 53.9 cm³/mol. The lowest BCUT2D eigenvalue weighted by Crippen LogP contribution is -2.36. The van der Waals surface area contributed by atoms with Crippen molar-refractivity contribution in [2.24, 2.45) is 0 Å². The van der Waals surface area contributed by atoms with E-state index in [-0.39, 0.29) is 24.8 Å². The van der Waals surface area contributed by atoms with Crippen molar-refractivity contribution in [3.8, 4) is 0 Å². The van der Waals surface area contributed by atoms with Gasteiger partial charge in [-0.25, -0.2) is 0 Å². The first-order chi connectivity index (χ1) is 6.60. The molecule has 0 radical (unpaired) electrons. The Morgan fingerprint density at radius 2 is 2.21 bits per heavy atom. The van der Waals surface area contributed by atoms with Crippen molar-refractivity contribution in [3.63, 3.8) is 0 Å². The van der Waals surface area contributed by atoms with E-state index in [1.165, 1.54) is 6.08 Å². The topological polar surface area (TPSA) is 66.4 Å². The maximum absolute atomic E-state index is 11.1.